The molecule has 0 heterocycles. The molecule has 1 aromatic rings. The Balaban J connectivity index is 1.53. The van der Waals surface area contributed by atoms with E-state index in [2.05, 4.69) is 90.4 Å². The first-order valence-corrected chi connectivity index (χ1v) is 19.7. The van der Waals surface area contributed by atoms with Crippen LogP contribution in [-0.4, -0.2) is 22.5 Å². The molecule has 178 valence electrons. The minimum absolute atomic E-state index is 0.296. The summed E-state index contributed by atoms with van der Waals surface area (Å²) in [6, 6.07) is 7.40. The minimum atomic E-state index is -1.73. The van der Waals surface area contributed by atoms with Crippen LogP contribution >= 0.6 is 0 Å². The maximum Gasteiger partial charge on any atom is 0.192 e. The second-order valence-corrected chi connectivity index (χ2v) is 23.9. The molecule has 0 N–H and O–H groups in total. The monoisotopic (exact) mass is 468 g/mol. The molecule has 0 radical (unpaired) electrons. The Morgan fingerprint density at radius 2 is 1.72 bits per heavy atom. The van der Waals surface area contributed by atoms with Crippen molar-refractivity contribution in [2.45, 2.75) is 116 Å². The lowest BCUT2D eigenvalue weighted by atomic mass is 9.55. The maximum atomic E-state index is 7.09. The van der Waals surface area contributed by atoms with Crippen LogP contribution in [0.5, 0.6) is 0 Å². The van der Waals surface area contributed by atoms with Gasteiger partial charge in [0, 0.05) is 0 Å². The largest absolute Gasteiger partial charge is 0.413 e. The molecular weight excluding hydrogens is 420 g/mol. The second kappa shape index (κ2) is 8.24. The topological polar surface area (TPSA) is 9.23 Å². The van der Waals surface area contributed by atoms with Crippen molar-refractivity contribution in [1.82, 2.24) is 0 Å². The summed E-state index contributed by atoms with van der Waals surface area (Å²) in [5.41, 5.74) is 7.60. The highest BCUT2D eigenvalue weighted by molar-refractivity contribution is 6.81. The first kappa shape index (κ1) is 24.5. The standard InChI is InChI=1S/C29H48OSi2/c1-28(2,3)32(8,9)30-27-15-14-26-25-13-11-22-20-21(17-19-31(5,6)7)10-12-23(22)24(25)16-18-29(26,27)4/h10,12,17,19-20,24-27H,11,13-16,18H2,1-9H3/b19-17+/t24-,25-,26+,27+,29+/m1/s1. The zero-order valence-electron chi connectivity index (χ0n) is 22.3. The quantitative estimate of drug-likeness (QED) is 0.401. The normalized spacial score (nSPS) is 33.2. The molecule has 0 unspecified atom stereocenters. The van der Waals surface area contributed by atoms with Crippen LogP contribution in [-0.2, 0) is 10.8 Å². The molecular formula is C29H48OSi2. The fourth-order valence-corrected chi connectivity index (χ4v) is 8.87. The number of aryl methyl sites for hydroxylation is 1. The van der Waals surface area contributed by atoms with Gasteiger partial charge in [-0.1, -0.05) is 77.3 Å². The van der Waals surface area contributed by atoms with Crippen molar-refractivity contribution in [1.29, 1.82) is 0 Å². The third-order valence-electron chi connectivity index (χ3n) is 9.68. The number of hydrogen-bond acceptors (Lipinski definition) is 1. The predicted octanol–water partition coefficient (Wildman–Crippen LogP) is 8.82. The molecule has 3 heteroatoms. The Bertz CT molecular complexity index is 872. The molecule has 5 atom stereocenters. The molecule has 0 aliphatic heterocycles. The zero-order chi connectivity index (χ0) is 23.5. The third-order valence-corrected chi connectivity index (χ3v) is 15.3. The number of hydrogen-bond donors (Lipinski definition) is 0. The summed E-state index contributed by atoms with van der Waals surface area (Å²) < 4.78 is 7.09. The van der Waals surface area contributed by atoms with Crippen LogP contribution in [0.1, 0.15) is 82.4 Å². The Morgan fingerprint density at radius 3 is 2.38 bits per heavy atom. The molecule has 2 fully saturated rings. The van der Waals surface area contributed by atoms with E-state index >= 15 is 0 Å². The van der Waals surface area contributed by atoms with Crippen molar-refractivity contribution in [3.05, 3.63) is 40.6 Å². The van der Waals surface area contributed by atoms with E-state index in [1.807, 2.05) is 0 Å². The van der Waals surface area contributed by atoms with Crippen LogP contribution in [0.4, 0.5) is 0 Å². The Kier molecular flexibility index (Phi) is 6.30. The maximum absolute atomic E-state index is 7.09. The fraction of sp³-hybridized carbons (Fsp3) is 0.724. The molecule has 4 rings (SSSR count). The summed E-state index contributed by atoms with van der Waals surface area (Å²) in [5, 5.41) is 0.296. The molecule has 0 bridgehead atoms. The Labute approximate surface area is 200 Å². The van der Waals surface area contributed by atoms with Gasteiger partial charge in [0.1, 0.15) is 0 Å². The predicted molar refractivity (Wildman–Crippen MR) is 146 cm³/mol. The molecule has 0 spiro atoms. The molecule has 0 aromatic heterocycles. The van der Waals surface area contributed by atoms with E-state index in [1.54, 1.807) is 11.1 Å². The SMILES string of the molecule is CC(C)(C)[Si](C)(C)O[C@H]1CC[C@H]2[C@@H]3CCc4cc(/C=C/[Si](C)(C)C)ccc4[C@H]3CC[C@]12C. The van der Waals surface area contributed by atoms with E-state index < -0.39 is 16.4 Å². The molecule has 0 amide bonds. The Hall–Kier alpha value is -0.646. The van der Waals surface area contributed by atoms with Crippen molar-refractivity contribution in [2.24, 2.45) is 17.3 Å². The lowest BCUT2D eigenvalue weighted by Gasteiger charge is -2.52. The molecule has 2 saturated carbocycles. The minimum Gasteiger partial charge on any atom is -0.413 e. The van der Waals surface area contributed by atoms with E-state index in [0.29, 0.717) is 16.6 Å². The van der Waals surface area contributed by atoms with Gasteiger partial charge in [0.25, 0.3) is 0 Å². The van der Waals surface area contributed by atoms with Crippen LogP contribution in [0.2, 0.25) is 37.8 Å². The van der Waals surface area contributed by atoms with Gasteiger partial charge in [-0.05, 0) is 96.5 Å². The average molecular weight is 469 g/mol. The van der Waals surface area contributed by atoms with E-state index in [0.717, 1.165) is 17.8 Å². The van der Waals surface area contributed by atoms with Gasteiger partial charge in [0.15, 0.2) is 8.32 Å². The van der Waals surface area contributed by atoms with Crippen molar-refractivity contribution in [3.63, 3.8) is 0 Å². The number of rotatable bonds is 4. The zero-order valence-corrected chi connectivity index (χ0v) is 24.3. The van der Waals surface area contributed by atoms with Gasteiger partial charge in [-0.3, -0.25) is 0 Å². The van der Waals surface area contributed by atoms with Gasteiger partial charge in [-0.25, -0.2) is 0 Å². The van der Waals surface area contributed by atoms with E-state index in [-0.39, 0.29) is 0 Å². The summed E-state index contributed by atoms with van der Waals surface area (Å²) in [6.07, 6.45) is 10.9. The van der Waals surface area contributed by atoms with Gasteiger partial charge in [-0.2, -0.15) is 0 Å². The summed E-state index contributed by atoms with van der Waals surface area (Å²) >= 11 is 0. The fourth-order valence-electron chi connectivity index (χ4n) is 6.73. The van der Waals surface area contributed by atoms with Crippen LogP contribution in [0.15, 0.2) is 23.9 Å². The summed E-state index contributed by atoms with van der Waals surface area (Å²) in [7, 11) is -2.88. The van der Waals surface area contributed by atoms with Crippen LogP contribution < -0.4 is 0 Å². The van der Waals surface area contributed by atoms with Crippen LogP contribution in [0, 0.1) is 17.3 Å². The van der Waals surface area contributed by atoms with Gasteiger partial charge in [0.05, 0.1) is 14.2 Å². The smallest absolute Gasteiger partial charge is 0.192 e. The highest BCUT2D eigenvalue weighted by Gasteiger charge is 2.56. The second-order valence-electron chi connectivity index (χ2n) is 14.1. The van der Waals surface area contributed by atoms with Crippen molar-refractivity contribution in [3.8, 4) is 0 Å². The summed E-state index contributed by atoms with van der Waals surface area (Å²) in [4.78, 5) is 0. The first-order chi connectivity index (χ1) is 14.7. The van der Waals surface area contributed by atoms with Gasteiger partial charge < -0.3 is 4.43 Å². The van der Waals surface area contributed by atoms with Crippen molar-refractivity contribution < 1.29 is 4.43 Å². The average Bonchev–Trinajstić information content (AvgIpc) is 3.00. The number of fused-ring (bicyclic) bond motifs is 5. The van der Waals surface area contributed by atoms with Gasteiger partial charge in [-0.15, -0.1) is 0 Å². The lowest BCUT2D eigenvalue weighted by molar-refractivity contribution is -0.0164. The molecule has 0 saturated heterocycles. The molecule has 3 aliphatic rings. The van der Waals surface area contributed by atoms with E-state index in [4.69, 9.17) is 4.43 Å². The Morgan fingerprint density at radius 1 is 1.00 bits per heavy atom. The lowest BCUT2D eigenvalue weighted by Crippen LogP contribution is -2.50. The molecule has 1 aromatic carbocycles. The van der Waals surface area contributed by atoms with Gasteiger partial charge >= 0.3 is 0 Å². The highest BCUT2D eigenvalue weighted by atomic mass is 28.4. The molecule has 3 aliphatic carbocycles. The van der Waals surface area contributed by atoms with Crippen molar-refractivity contribution in [2.75, 3.05) is 0 Å². The van der Waals surface area contributed by atoms with Crippen molar-refractivity contribution >= 4 is 22.5 Å². The van der Waals surface area contributed by atoms with E-state index in [1.165, 1.54) is 44.1 Å². The number of benzene rings is 1. The first-order valence-electron chi connectivity index (χ1n) is 13.2. The highest BCUT2D eigenvalue weighted by Crippen LogP contribution is 2.62. The molecule has 1 nitrogen and oxygen atoms in total. The van der Waals surface area contributed by atoms with Crippen LogP contribution in [0.25, 0.3) is 6.08 Å². The summed E-state index contributed by atoms with van der Waals surface area (Å²) in [5.74, 6) is 2.48. The molecule has 32 heavy (non-hydrogen) atoms. The van der Waals surface area contributed by atoms with E-state index in [9.17, 15) is 0 Å². The summed E-state index contributed by atoms with van der Waals surface area (Å²) in [6.45, 7) is 21.9. The third kappa shape index (κ3) is 4.51. The van der Waals surface area contributed by atoms with Gasteiger partial charge in [0.2, 0.25) is 0 Å². The van der Waals surface area contributed by atoms with Crippen LogP contribution in [0.3, 0.4) is 0 Å².